The number of aromatic nitrogens is 1. The summed E-state index contributed by atoms with van der Waals surface area (Å²) in [5.74, 6) is -2.69. The van der Waals surface area contributed by atoms with Crippen LogP contribution in [0.15, 0.2) is 42.1 Å². The molecule has 0 fully saturated rings. The molecule has 0 aliphatic carbocycles. The number of aliphatic carboxylic acids is 2. The Labute approximate surface area is 125 Å². The zero-order valence-electron chi connectivity index (χ0n) is 10.9. The van der Waals surface area contributed by atoms with Crippen LogP contribution in [0.3, 0.4) is 0 Å². The largest absolute Gasteiger partial charge is 0.478 e. The van der Waals surface area contributed by atoms with Crippen molar-refractivity contribution in [1.29, 1.82) is 0 Å². The number of rotatable bonds is 5. The standard InChI is InChI=1S/C14H13ClN2O4/c15-9-2-1-8-3-4-17(12(8)5-9)7-11(16)10(14(20)21)6-13(18)19/h1-6,11H,7,16H2,(H,18,19)(H,20,21). The molecule has 1 aromatic heterocycles. The molecule has 4 N–H and O–H groups in total. The maximum absolute atomic E-state index is 11.1. The molecule has 6 nitrogen and oxygen atoms in total. The highest BCUT2D eigenvalue weighted by molar-refractivity contribution is 6.31. The number of carboxylic acid groups (broad SMARTS) is 2. The molecule has 0 aliphatic rings. The van der Waals surface area contributed by atoms with Gasteiger partial charge in [0.15, 0.2) is 0 Å². The van der Waals surface area contributed by atoms with E-state index in [4.69, 9.17) is 27.5 Å². The van der Waals surface area contributed by atoms with E-state index in [9.17, 15) is 9.59 Å². The van der Waals surface area contributed by atoms with E-state index in [-0.39, 0.29) is 12.1 Å². The summed E-state index contributed by atoms with van der Waals surface area (Å²) in [6, 6.07) is 6.23. The predicted octanol–water partition coefficient (Wildman–Crippen LogP) is 1.72. The lowest BCUT2D eigenvalue weighted by Crippen LogP contribution is -2.32. The topological polar surface area (TPSA) is 106 Å². The fraction of sp³-hybridized carbons (Fsp3) is 0.143. The zero-order chi connectivity index (χ0) is 15.6. The maximum atomic E-state index is 11.1. The minimum Gasteiger partial charge on any atom is -0.478 e. The average molecular weight is 309 g/mol. The second-order valence-electron chi connectivity index (χ2n) is 4.52. The summed E-state index contributed by atoms with van der Waals surface area (Å²) in [6.07, 6.45) is 2.37. The van der Waals surface area contributed by atoms with Gasteiger partial charge in [0.1, 0.15) is 0 Å². The minimum atomic E-state index is -1.35. The number of hydrogen-bond donors (Lipinski definition) is 3. The van der Waals surface area contributed by atoms with Gasteiger partial charge in [-0.15, -0.1) is 0 Å². The Morgan fingerprint density at radius 2 is 2.05 bits per heavy atom. The van der Waals surface area contributed by atoms with Crippen LogP contribution < -0.4 is 5.73 Å². The normalized spacial score (nSPS) is 13.3. The number of nitrogens with zero attached hydrogens (tertiary/aromatic N) is 1. The first kappa shape index (κ1) is 15.1. The molecule has 1 heterocycles. The molecule has 1 unspecified atom stereocenters. The molecule has 2 aromatic rings. The molecule has 1 atom stereocenters. The van der Waals surface area contributed by atoms with Gasteiger partial charge in [0, 0.05) is 29.4 Å². The fourth-order valence-corrected chi connectivity index (χ4v) is 2.25. The average Bonchev–Trinajstić information content (AvgIpc) is 2.78. The molecule has 0 saturated heterocycles. The Morgan fingerprint density at radius 3 is 2.67 bits per heavy atom. The lowest BCUT2D eigenvalue weighted by Gasteiger charge is -2.14. The summed E-state index contributed by atoms with van der Waals surface area (Å²) < 4.78 is 1.74. The molecule has 110 valence electrons. The monoisotopic (exact) mass is 308 g/mol. The molecular formula is C14H13ClN2O4. The summed E-state index contributed by atoms with van der Waals surface area (Å²) in [4.78, 5) is 21.7. The van der Waals surface area contributed by atoms with Gasteiger partial charge < -0.3 is 20.5 Å². The van der Waals surface area contributed by atoms with E-state index in [1.54, 1.807) is 22.9 Å². The maximum Gasteiger partial charge on any atom is 0.333 e. The molecule has 21 heavy (non-hydrogen) atoms. The van der Waals surface area contributed by atoms with Gasteiger partial charge in [-0.2, -0.15) is 0 Å². The van der Waals surface area contributed by atoms with Crippen molar-refractivity contribution >= 4 is 34.4 Å². The minimum absolute atomic E-state index is 0.134. The van der Waals surface area contributed by atoms with Crippen LogP contribution in [-0.4, -0.2) is 32.8 Å². The molecule has 0 spiro atoms. The highest BCUT2D eigenvalue weighted by Gasteiger charge is 2.19. The van der Waals surface area contributed by atoms with Gasteiger partial charge >= 0.3 is 11.9 Å². The lowest BCUT2D eigenvalue weighted by atomic mass is 10.1. The number of benzene rings is 1. The van der Waals surface area contributed by atoms with Crippen molar-refractivity contribution in [2.45, 2.75) is 12.6 Å². The van der Waals surface area contributed by atoms with Crippen LogP contribution in [0.5, 0.6) is 0 Å². The van der Waals surface area contributed by atoms with E-state index in [2.05, 4.69) is 0 Å². The van der Waals surface area contributed by atoms with E-state index < -0.39 is 18.0 Å². The summed E-state index contributed by atoms with van der Waals surface area (Å²) in [5, 5.41) is 19.2. The van der Waals surface area contributed by atoms with E-state index in [0.29, 0.717) is 11.1 Å². The van der Waals surface area contributed by atoms with Crippen molar-refractivity contribution < 1.29 is 19.8 Å². The smallest absolute Gasteiger partial charge is 0.333 e. The van der Waals surface area contributed by atoms with Crippen LogP contribution in [0.1, 0.15) is 0 Å². The summed E-state index contributed by atoms with van der Waals surface area (Å²) in [6.45, 7) is 0.134. The van der Waals surface area contributed by atoms with Crippen LogP contribution in [0.25, 0.3) is 10.9 Å². The molecule has 0 radical (unpaired) electrons. The highest BCUT2D eigenvalue weighted by Crippen LogP contribution is 2.21. The van der Waals surface area contributed by atoms with E-state index in [0.717, 1.165) is 10.9 Å². The number of nitrogens with two attached hydrogens (primary N) is 1. The Kier molecular flexibility index (Phi) is 4.30. The number of fused-ring (bicyclic) bond motifs is 1. The highest BCUT2D eigenvalue weighted by atomic mass is 35.5. The van der Waals surface area contributed by atoms with Gasteiger partial charge in [0.2, 0.25) is 0 Å². The first-order valence-corrected chi connectivity index (χ1v) is 6.44. The van der Waals surface area contributed by atoms with Gasteiger partial charge in [-0.25, -0.2) is 9.59 Å². The van der Waals surface area contributed by atoms with Crippen molar-refractivity contribution in [3.63, 3.8) is 0 Å². The van der Waals surface area contributed by atoms with E-state index >= 15 is 0 Å². The molecule has 2 rings (SSSR count). The van der Waals surface area contributed by atoms with Gasteiger partial charge in [-0.1, -0.05) is 17.7 Å². The summed E-state index contributed by atoms with van der Waals surface area (Å²) in [7, 11) is 0. The molecule has 0 aliphatic heterocycles. The van der Waals surface area contributed by atoms with Crippen LogP contribution in [0.2, 0.25) is 5.02 Å². The number of carboxylic acids is 2. The Morgan fingerprint density at radius 1 is 1.33 bits per heavy atom. The third kappa shape index (κ3) is 3.42. The third-order valence-corrected chi connectivity index (χ3v) is 3.29. The SMILES string of the molecule is NC(Cn1ccc2ccc(Cl)cc21)C(=CC(=O)O)C(=O)O. The molecule has 0 bridgehead atoms. The predicted molar refractivity (Wildman–Crippen MR) is 78.3 cm³/mol. The first-order valence-electron chi connectivity index (χ1n) is 6.06. The lowest BCUT2D eigenvalue weighted by molar-refractivity contribution is -0.135. The second-order valence-corrected chi connectivity index (χ2v) is 4.96. The van der Waals surface area contributed by atoms with Crippen LogP contribution in [0.4, 0.5) is 0 Å². The summed E-state index contributed by atoms with van der Waals surface area (Å²) in [5.41, 5.74) is 6.27. The molecular weight excluding hydrogens is 296 g/mol. The zero-order valence-corrected chi connectivity index (χ0v) is 11.6. The molecule has 7 heteroatoms. The van der Waals surface area contributed by atoms with E-state index in [1.807, 2.05) is 12.1 Å². The second kappa shape index (κ2) is 5.99. The van der Waals surface area contributed by atoms with Crippen LogP contribution in [-0.2, 0) is 16.1 Å². The summed E-state index contributed by atoms with van der Waals surface area (Å²) >= 11 is 5.94. The van der Waals surface area contributed by atoms with Gasteiger partial charge in [-0.05, 0) is 23.6 Å². The molecule has 0 saturated carbocycles. The van der Waals surface area contributed by atoms with Gasteiger partial charge in [-0.3, -0.25) is 0 Å². The number of halogens is 1. The third-order valence-electron chi connectivity index (χ3n) is 3.05. The van der Waals surface area contributed by atoms with Crippen molar-refractivity contribution in [3.8, 4) is 0 Å². The van der Waals surface area contributed by atoms with Crippen molar-refractivity contribution in [2.24, 2.45) is 5.73 Å². The van der Waals surface area contributed by atoms with Crippen LogP contribution in [0, 0.1) is 0 Å². The van der Waals surface area contributed by atoms with Gasteiger partial charge in [0.05, 0.1) is 11.6 Å². The Bertz CT molecular complexity index is 736. The number of hydrogen-bond acceptors (Lipinski definition) is 3. The molecule has 0 amide bonds. The quantitative estimate of drug-likeness (QED) is 0.729. The Balaban J connectivity index is 2.32. The first-order chi connectivity index (χ1) is 9.88. The van der Waals surface area contributed by atoms with Crippen molar-refractivity contribution in [3.05, 3.63) is 47.1 Å². The number of carbonyl (C=O) groups is 2. The fourth-order valence-electron chi connectivity index (χ4n) is 2.09. The van der Waals surface area contributed by atoms with Gasteiger partial charge in [0.25, 0.3) is 0 Å². The van der Waals surface area contributed by atoms with Crippen molar-refractivity contribution in [2.75, 3.05) is 0 Å². The van der Waals surface area contributed by atoms with Crippen molar-refractivity contribution in [1.82, 2.24) is 4.57 Å². The van der Waals surface area contributed by atoms with Crippen LogP contribution >= 0.6 is 11.6 Å². The Hall–Kier alpha value is -2.31. The van der Waals surface area contributed by atoms with E-state index in [1.165, 1.54) is 0 Å². The molecule has 1 aromatic carbocycles.